The monoisotopic (exact) mass is 389 g/mol. The summed E-state index contributed by atoms with van der Waals surface area (Å²) in [4.78, 5) is 1.16. The minimum Gasteiger partial charge on any atom is -0.264 e. The highest BCUT2D eigenvalue weighted by atomic mass is 32.2. The molecule has 2 aromatic rings. The van der Waals surface area contributed by atoms with Gasteiger partial charge in [0.1, 0.15) is 9.94 Å². The number of benzene rings is 2. The second-order valence-corrected chi connectivity index (χ2v) is 9.14. The topological polar surface area (TPSA) is 55.7 Å². The van der Waals surface area contributed by atoms with Gasteiger partial charge in [0.2, 0.25) is 0 Å². The molecule has 0 unspecified atom stereocenters. The second kappa shape index (κ2) is 8.73. The van der Waals surface area contributed by atoms with Crippen LogP contribution in [0.4, 0.5) is 0 Å². The minimum absolute atomic E-state index is 0.118. The van der Waals surface area contributed by atoms with E-state index in [4.69, 9.17) is 4.28 Å². The molecule has 2 aromatic carbocycles. The first-order chi connectivity index (χ1) is 12.5. The molecule has 3 rings (SSSR count). The van der Waals surface area contributed by atoms with Gasteiger partial charge in [-0.1, -0.05) is 72.1 Å². The minimum atomic E-state index is -3.89. The molecule has 26 heavy (non-hydrogen) atoms. The molecule has 0 aromatic heterocycles. The molecular formula is C20H23NO3S2. The Labute approximate surface area is 159 Å². The standard InChI is InChI=1S/C20H23NO3S2/c1-16-12-14-18(15-13-16)25-20(17-8-4-2-5-9-17)21-24-26(22,23)19-10-6-3-7-11-19/h3,6-7,10-15,17H,2,4-5,8-9H2,1H3/b21-20-. The Morgan fingerprint density at radius 1 is 1.00 bits per heavy atom. The van der Waals surface area contributed by atoms with E-state index in [0.717, 1.165) is 35.6 Å². The Morgan fingerprint density at radius 2 is 1.65 bits per heavy atom. The summed E-state index contributed by atoms with van der Waals surface area (Å²) in [7, 11) is -3.89. The molecule has 0 aliphatic heterocycles. The van der Waals surface area contributed by atoms with Gasteiger partial charge in [0.25, 0.3) is 0 Å². The van der Waals surface area contributed by atoms with Gasteiger partial charge in [0.05, 0.1) is 0 Å². The first kappa shape index (κ1) is 19.0. The van der Waals surface area contributed by atoms with Crippen LogP contribution in [0.15, 0.2) is 69.5 Å². The van der Waals surface area contributed by atoms with E-state index < -0.39 is 10.1 Å². The lowest BCUT2D eigenvalue weighted by molar-refractivity contribution is 0.332. The molecule has 0 saturated heterocycles. The normalized spacial score (nSPS) is 16.4. The molecule has 1 fully saturated rings. The van der Waals surface area contributed by atoms with Crippen LogP contribution in [0.2, 0.25) is 0 Å². The fraction of sp³-hybridized carbons (Fsp3) is 0.350. The first-order valence-corrected chi connectivity index (χ1v) is 11.1. The number of rotatable bonds is 5. The van der Waals surface area contributed by atoms with Crippen molar-refractivity contribution in [3.8, 4) is 0 Å². The third-order valence-corrected chi connectivity index (χ3v) is 6.70. The van der Waals surface area contributed by atoms with Crippen molar-refractivity contribution in [1.82, 2.24) is 0 Å². The van der Waals surface area contributed by atoms with Crippen molar-refractivity contribution in [2.45, 2.75) is 48.8 Å². The predicted molar refractivity (Wildman–Crippen MR) is 106 cm³/mol. The predicted octanol–water partition coefficient (Wildman–Crippen LogP) is 5.39. The number of thioether (sulfide) groups is 1. The summed E-state index contributed by atoms with van der Waals surface area (Å²) in [6, 6.07) is 16.3. The summed E-state index contributed by atoms with van der Waals surface area (Å²) in [6.45, 7) is 2.04. The summed E-state index contributed by atoms with van der Waals surface area (Å²) < 4.78 is 29.8. The highest BCUT2D eigenvalue weighted by molar-refractivity contribution is 8.14. The summed E-state index contributed by atoms with van der Waals surface area (Å²) in [6.07, 6.45) is 5.55. The summed E-state index contributed by atoms with van der Waals surface area (Å²) in [5, 5.41) is 4.85. The Balaban J connectivity index is 1.82. The van der Waals surface area contributed by atoms with E-state index in [-0.39, 0.29) is 10.8 Å². The molecular weight excluding hydrogens is 366 g/mol. The maximum atomic E-state index is 12.4. The van der Waals surface area contributed by atoms with Gasteiger partial charge in [0.15, 0.2) is 0 Å². The molecule has 0 amide bonds. The van der Waals surface area contributed by atoms with Crippen molar-refractivity contribution in [2.75, 3.05) is 0 Å². The van der Waals surface area contributed by atoms with Crippen LogP contribution in [0, 0.1) is 12.8 Å². The fourth-order valence-electron chi connectivity index (χ4n) is 2.97. The summed E-state index contributed by atoms with van der Waals surface area (Å²) in [5.41, 5.74) is 1.19. The van der Waals surface area contributed by atoms with Crippen LogP contribution in [-0.4, -0.2) is 13.5 Å². The maximum absolute atomic E-state index is 12.4. The molecule has 0 atom stereocenters. The number of hydrogen-bond donors (Lipinski definition) is 0. The average molecular weight is 390 g/mol. The second-order valence-electron chi connectivity index (χ2n) is 6.52. The van der Waals surface area contributed by atoms with E-state index in [0.29, 0.717) is 0 Å². The third-order valence-electron chi connectivity index (χ3n) is 4.46. The largest absolute Gasteiger partial charge is 0.358 e. The molecule has 0 bridgehead atoms. The van der Waals surface area contributed by atoms with Crippen molar-refractivity contribution in [2.24, 2.45) is 11.1 Å². The summed E-state index contributed by atoms with van der Waals surface area (Å²) in [5.74, 6) is 0.251. The maximum Gasteiger partial charge on any atom is 0.358 e. The lowest BCUT2D eigenvalue weighted by atomic mass is 9.90. The van der Waals surface area contributed by atoms with Gasteiger partial charge >= 0.3 is 10.1 Å². The van der Waals surface area contributed by atoms with E-state index in [9.17, 15) is 8.42 Å². The van der Waals surface area contributed by atoms with Gasteiger partial charge in [-0.15, -0.1) is 0 Å². The number of oxime groups is 1. The van der Waals surface area contributed by atoms with Gasteiger partial charge < -0.3 is 0 Å². The van der Waals surface area contributed by atoms with Crippen LogP contribution in [0.3, 0.4) is 0 Å². The van der Waals surface area contributed by atoms with E-state index in [1.54, 1.807) is 18.2 Å². The first-order valence-electron chi connectivity index (χ1n) is 8.86. The van der Waals surface area contributed by atoms with Crippen LogP contribution >= 0.6 is 11.8 Å². The third kappa shape index (κ3) is 5.11. The lowest BCUT2D eigenvalue weighted by Crippen LogP contribution is -2.16. The molecule has 6 heteroatoms. The lowest BCUT2D eigenvalue weighted by Gasteiger charge is -2.22. The highest BCUT2D eigenvalue weighted by Gasteiger charge is 2.23. The van der Waals surface area contributed by atoms with E-state index >= 15 is 0 Å². The van der Waals surface area contributed by atoms with Gasteiger partial charge in [-0.2, -0.15) is 8.42 Å². The van der Waals surface area contributed by atoms with E-state index in [2.05, 4.69) is 5.16 Å². The number of hydrogen-bond acceptors (Lipinski definition) is 5. The Kier molecular flexibility index (Phi) is 6.38. The quantitative estimate of drug-likeness (QED) is 0.298. The molecule has 1 aliphatic carbocycles. The van der Waals surface area contributed by atoms with Crippen molar-refractivity contribution >= 4 is 26.9 Å². The van der Waals surface area contributed by atoms with Gasteiger partial charge in [-0.05, 0) is 44.0 Å². The molecule has 0 radical (unpaired) electrons. The zero-order chi connectivity index (χ0) is 18.4. The number of nitrogens with zero attached hydrogens (tertiary/aromatic N) is 1. The smallest absolute Gasteiger partial charge is 0.264 e. The zero-order valence-corrected chi connectivity index (χ0v) is 16.4. The van der Waals surface area contributed by atoms with Crippen LogP contribution in [0.25, 0.3) is 0 Å². The van der Waals surface area contributed by atoms with Crippen LogP contribution in [0.1, 0.15) is 37.7 Å². The van der Waals surface area contributed by atoms with Gasteiger partial charge in [-0.3, -0.25) is 4.28 Å². The molecule has 0 N–H and O–H groups in total. The Morgan fingerprint density at radius 3 is 2.31 bits per heavy atom. The summed E-state index contributed by atoms with van der Waals surface area (Å²) >= 11 is 1.50. The SMILES string of the molecule is Cc1ccc(S/C(=N\OS(=O)(=O)c2ccccc2)C2CCCCC2)cc1. The van der Waals surface area contributed by atoms with Crippen LogP contribution in [-0.2, 0) is 14.4 Å². The van der Waals surface area contributed by atoms with Gasteiger partial charge in [0, 0.05) is 10.8 Å². The molecule has 1 aliphatic rings. The molecule has 0 heterocycles. The van der Waals surface area contributed by atoms with E-state index in [1.807, 2.05) is 31.2 Å². The average Bonchev–Trinajstić information content (AvgIpc) is 2.68. The van der Waals surface area contributed by atoms with Crippen molar-refractivity contribution in [3.63, 3.8) is 0 Å². The van der Waals surface area contributed by atoms with Crippen LogP contribution < -0.4 is 0 Å². The van der Waals surface area contributed by atoms with Crippen molar-refractivity contribution in [1.29, 1.82) is 0 Å². The number of aryl methyl sites for hydroxylation is 1. The molecule has 138 valence electrons. The van der Waals surface area contributed by atoms with Crippen molar-refractivity contribution in [3.05, 3.63) is 60.2 Å². The van der Waals surface area contributed by atoms with Crippen molar-refractivity contribution < 1.29 is 12.7 Å². The Hall–Kier alpha value is -1.79. The zero-order valence-electron chi connectivity index (χ0n) is 14.8. The van der Waals surface area contributed by atoms with Gasteiger partial charge in [-0.25, -0.2) is 0 Å². The fourth-order valence-corrected chi connectivity index (χ4v) is 4.76. The Bertz CT molecular complexity index is 840. The van der Waals surface area contributed by atoms with Crippen LogP contribution in [0.5, 0.6) is 0 Å². The molecule has 1 saturated carbocycles. The molecule has 4 nitrogen and oxygen atoms in total. The van der Waals surface area contributed by atoms with E-state index in [1.165, 1.54) is 35.9 Å². The highest BCUT2D eigenvalue weighted by Crippen LogP contribution is 2.33. The molecule has 0 spiro atoms.